The molecular weight excluding hydrogens is 248 g/mol. The molecule has 19 heavy (non-hydrogen) atoms. The molecule has 0 saturated carbocycles. The molecule has 7 heteroatoms. The molecule has 1 aromatic heterocycles. The normalized spacial score (nSPS) is 10.0. The second kappa shape index (κ2) is 5.30. The predicted molar refractivity (Wildman–Crippen MR) is 70.5 cm³/mol. The maximum Gasteiger partial charge on any atom is 0.273 e. The highest BCUT2D eigenvalue weighted by Crippen LogP contribution is 2.26. The van der Waals surface area contributed by atoms with E-state index in [0.717, 1.165) is 0 Å². The van der Waals surface area contributed by atoms with E-state index in [0.29, 0.717) is 17.2 Å². The van der Waals surface area contributed by atoms with Gasteiger partial charge in [0.25, 0.3) is 5.91 Å². The van der Waals surface area contributed by atoms with Crippen LogP contribution in [-0.2, 0) is 0 Å². The zero-order valence-corrected chi connectivity index (χ0v) is 10.6. The van der Waals surface area contributed by atoms with Crippen LogP contribution in [0.3, 0.4) is 0 Å². The molecule has 0 bridgehead atoms. The van der Waals surface area contributed by atoms with Crippen LogP contribution in [0, 0.1) is 0 Å². The molecule has 1 aromatic carbocycles. The van der Waals surface area contributed by atoms with Crippen molar-refractivity contribution in [1.82, 2.24) is 10.2 Å². The number of carbonyl (C=O) groups excluding carboxylic acids is 1. The molecule has 4 N–H and O–H groups in total. The third-order valence-electron chi connectivity index (χ3n) is 2.45. The molecule has 2 aromatic rings. The Morgan fingerprint density at radius 1 is 1.21 bits per heavy atom. The lowest BCUT2D eigenvalue weighted by atomic mass is 10.2. The van der Waals surface area contributed by atoms with Gasteiger partial charge in [-0.05, 0) is 0 Å². The van der Waals surface area contributed by atoms with Gasteiger partial charge >= 0.3 is 0 Å². The molecule has 0 aliphatic heterocycles. The van der Waals surface area contributed by atoms with Gasteiger partial charge in [-0.3, -0.25) is 9.89 Å². The fourth-order valence-corrected chi connectivity index (χ4v) is 1.53. The number of nitrogens with two attached hydrogens (primary N) is 1. The van der Waals surface area contributed by atoms with Crippen LogP contribution in [0.1, 0.15) is 10.5 Å². The number of hydrogen-bond acceptors (Lipinski definition) is 5. The first-order chi connectivity index (χ1) is 9.12. The highest BCUT2D eigenvalue weighted by atomic mass is 16.5. The summed E-state index contributed by atoms with van der Waals surface area (Å²) in [6, 6.07) is 6.52. The van der Waals surface area contributed by atoms with Gasteiger partial charge in [-0.25, -0.2) is 0 Å². The third kappa shape index (κ3) is 2.95. The number of methoxy groups -OCH3 is 2. The van der Waals surface area contributed by atoms with E-state index in [1.165, 1.54) is 20.3 Å². The van der Waals surface area contributed by atoms with E-state index in [-0.39, 0.29) is 17.4 Å². The molecule has 7 nitrogen and oxygen atoms in total. The number of hydrogen-bond donors (Lipinski definition) is 3. The molecule has 2 rings (SSSR count). The van der Waals surface area contributed by atoms with Crippen LogP contribution < -0.4 is 20.5 Å². The van der Waals surface area contributed by atoms with Crippen molar-refractivity contribution >= 4 is 17.4 Å². The SMILES string of the molecule is COc1cc(NC(=O)c2cc(N)n[nH]2)cc(OC)c1. The number of rotatable bonds is 4. The number of nitrogens with one attached hydrogen (secondary N) is 2. The molecule has 0 aliphatic carbocycles. The lowest BCUT2D eigenvalue weighted by Crippen LogP contribution is -2.12. The van der Waals surface area contributed by atoms with Crippen molar-refractivity contribution in [3.05, 3.63) is 30.0 Å². The summed E-state index contributed by atoms with van der Waals surface area (Å²) >= 11 is 0. The highest BCUT2D eigenvalue weighted by Gasteiger charge is 2.10. The van der Waals surface area contributed by atoms with Crippen molar-refractivity contribution in [2.24, 2.45) is 0 Å². The Labute approximate surface area is 109 Å². The molecule has 0 fully saturated rings. The maximum absolute atomic E-state index is 11.9. The number of benzene rings is 1. The fraction of sp³-hybridized carbons (Fsp3) is 0.167. The average molecular weight is 262 g/mol. The second-order valence-electron chi connectivity index (χ2n) is 3.76. The molecule has 0 radical (unpaired) electrons. The topological polar surface area (TPSA) is 102 Å². The first kappa shape index (κ1) is 12.7. The molecule has 0 saturated heterocycles. The lowest BCUT2D eigenvalue weighted by Gasteiger charge is -2.09. The Hall–Kier alpha value is -2.70. The number of H-pyrrole nitrogens is 1. The zero-order valence-electron chi connectivity index (χ0n) is 10.6. The van der Waals surface area contributed by atoms with Gasteiger partial charge in [-0.1, -0.05) is 0 Å². The second-order valence-corrected chi connectivity index (χ2v) is 3.76. The molecule has 0 unspecified atom stereocenters. The Kier molecular flexibility index (Phi) is 3.56. The van der Waals surface area contributed by atoms with Crippen LogP contribution in [0.15, 0.2) is 24.3 Å². The Morgan fingerprint density at radius 2 is 1.84 bits per heavy atom. The van der Waals surface area contributed by atoms with Crippen molar-refractivity contribution in [3.8, 4) is 11.5 Å². The largest absolute Gasteiger partial charge is 0.497 e. The minimum Gasteiger partial charge on any atom is -0.497 e. The van der Waals surface area contributed by atoms with E-state index in [4.69, 9.17) is 15.2 Å². The van der Waals surface area contributed by atoms with Crippen molar-refractivity contribution in [2.75, 3.05) is 25.3 Å². The number of amides is 1. The van der Waals surface area contributed by atoms with Crippen LogP contribution in [0.5, 0.6) is 11.5 Å². The van der Waals surface area contributed by atoms with Crippen LogP contribution in [0.2, 0.25) is 0 Å². The number of anilines is 2. The molecular formula is C12H14N4O3. The Bertz CT molecular complexity index is 572. The van der Waals surface area contributed by atoms with Crippen molar-refractivity contribution in [3.63, 3.8) is 0 Å². The van der Waals surface area contributed by atoms with Gasteiger partial charge in [0, 0.05) is 30.0 Å². The first-order valence-electron chi connectivity index (χ1n) is 5.47. The first-order valence-corrected chi connectivity index (χ1v) is 5.47. The average Bonchev–Trinajstić information content (AvgIpc) is 2.85. The van der Waals surface area contributed by atoms with Gasteiger partial charge in [0.05, 0.1) is 14.2 Å². The van der Waals surface area contributed by atoms with Crippen molar-refractivity contribution < 1.29 is 14.3 Å². The van der Waals surface area contributed by atoms with E-state index < -0.39 is 0 Å². The van der Waals surface area contributed by atoms with Gasteiger partial charge in [0.2, 0.25) is 0 Å². The third-order valence-corrected chi connectivity index (χ3v) is 2.45. The van der Waals surface area contributed by atoms with Gasteiger partial charge in [0.1, 0.15) is 23.0 Å². The van der Waals surface area contributed by atoms with E-state index in [9.17, 15) is 4.79 Å². The maximum atomic E-state index is 11.9. The number of nitrogens with zero attached hydrogens (tertiary/aromatic N) is 1. The number of nitrogen functional groups attached to an aromatic ring is 1. The van der Waals surface area contributed by atoms with Crippen molar-refractivity contribution in [2.45, 2.75) is 0 Å². The lowest BCUT2D eigenvalue weighted by molar-refractivity contribution is 0.102. The van der Waals surface area contributed by atoms with Crippen molar-refractivity contribution in [1.29, 1.82) is 0 Å². The summed E-state index contributed by atoms with van der Waals surface area (Å²) in [5.41, 5.74) is 6.27. The van der Waals surface area contributed by atoms with Gasteiger partial charge < -0.3 is 20.5 Å². The van der Waals surface area contributed by atoms with E-state index in [2.05, 4.69) is 15.5 Å². The molecule has 0 aliphatic rings. The Balaban J connectivity index is 2.20. The summed E-state index contributed by atoms with van der Waals surface area (Å²) in [6.07, 6.45) is 0. The van der Waals surface area contributed by atoms with Crippen LogP contribution in [-0.4, -0.2) is 30.3 Å². The number of aromatic nitrogens is 2. The predicted octanol–water partition coefficient (Wildman–Crippen LogP) is 1.26. The number of carbonyl (C=O) groups is 1. The molecule has 0 spiro atoms. The fourth-order valence-electron chi connectivity index (χ4n) is 1.53. The summed E-state index contributed by atoms with van der Waals surface area (Å²) in [5.74, 6) is 1.07. The van der Waals surface area contributed by atoms with E-state index in [1.807, 2.05) is 0 Å². The summed E-state index contributed by atoms with van der Waals surface area (Å²) in [5, 5.41) is 8.92. The van der Waals surface area contributed by atoms with E-state index >= 15 is 0 Å². The summed E-state index contributed by atoms with van der Waals surface area (Å²) in [6.45, 7) is 0. The number of aromatic amines is 1. The number of ether oxygens (including phenoxy) is 2. The summed E-state index contributed by atoms with van der Waals surface area (Å²) < 4.78 is 10.2. The molecule has 1 amide bonds. The summed E-state index contributed by atoms with van der Waals surface area (Å²) in [7, 11) is 3.08. The monoisotopic (exact) mass is 262 g/mol. The molecule has 1 heterocycles. The Morgan fingerprint density at radius 3 is 2.32 bits per heavy atom. The van der Waals surface area contributed by atoms with Crippen LogP contribution in [0.4, 0.5) is 11.5 Å². The summed E-state index contributed by atoms with van der Waals surface area (Å²) in [4.78, 5) is 11.9. The zero-order chi connectivity index (χ0) is 13.8. The highest BCUT2D eigenvalue weighted by molar-refractivity contribution is 6.03. The van der Waals surface area contributed by atoms with Crippen LogP contribution in [0.25, 0.3) is 0 Å². The van der Waals surface area contributed by atoms with Gasteiger partial charge in [-0.15, -0.1) is 0 Å². The molecule has 0 atom stereocenters. The standard InChI is InChI=1S/C12H14N4O3/c1-18-8-3-7(4-9(5-8)19-2)14-12(17)10-6-11(13)16-15-10/h3-6H,1-2H3,(H,14,17)(H3,13,15,16). The van der Waals surface area contributed by atoms with Crippen LogP contribution >= 0.6 is 0 Å². The van der Waals surface area contributed by atoms with Gasteiger partial charge in [-0.2, -0.15) is 5.10 Å². The quantitative estimate of drug-likeness (QED) is 0.769. The minimum absolute atomic E-state index is 0.258. The smallest absolute Gasteiger partial charge is 0.273 e. The van der Waals surface area contributed by atoms with Gasteiger partial charge in [0.15, 0.2) is 0 Å². The minimum atomic E-state index is -0.348. The van der Waals surface area contributed by atoms with E-state index in [1.54, 1.807) is 18.2 Å². The molecule has 100 valence electrons.